The average molecular weight is 491 g/mol. The summed E-state index contributed by atoms with van der Waals surface area (Å²) in [5, 5.41) is 7.07. The van der Waals surface area contributed by atoms with Crippen molar-refractivity contribution in [3.8, 4) is 0 Å². The molecule has 0 aliphatic carbocycles. The van der Waals surface area contributed by atoms with Crippen LogP contribution in [0.2, 0.25) is 0 Å². The maximum absolute atomic E-state index is 13.2. The normalized spacial score (nSPS) is 22.2. The van der Waals surface area contributed by atoms with Gasteiger partial charge in [-0.05, 0) is 6.42 Å². The monoisotopic (exact) mass is 490 g/mol. The zero-order chi connectivity index (χ0) is 25.2. The van der Waals surface area contributed by atoms with Crippen LogP contribution < -0.4 is 10.6 Å². The van der Waals surface area contributed by atoms with Crippen LogP contribution in [0.1, 0.15) is 66.2 Å². The molecule has 6 heteroatoms. The fraction of sp³-hybridized carbons (Fsp3) is 0.533. The summed E-state index contributed by atoms with van der Waals surface area (Å²) in [6.45, 7) is 7.60. The smallest absolute Gasteiger partial charge is 0.164 e. The lowest BCUT2D eigenvalue weighted by Gasteiger charge is -2.50. The standard InChI is InChI=1S/C30H42N4O2/c1-2-3-6-15-30(33-18-16-31-22-26(33)20-28(35)24-11-7-4-8-12-24)34-19-17-32-23-27(34)21-29(36)25-13-9-5-10-14-25/h4-5,7-14,26-27,30-32H,2-3,6,15-23H2,1H3. The van der Waals surface area contributed by atoms with Crippen molar-refractivity contribution in [2.24, 2.45) is 0 Å². The van der Waals surface area contributed by atoms with Crippen LogP contribution in [0.3, 0.4) is 0 Å². The summed E-state index contributed by atoms with van der Waals surface area (Å²) in [6.07, 6.45) is 5.88. The summed E-state index contributed by atoms with van der Waals surface area (Å²) in [5.41, 5.74) is 1.58. The van der Waals surface area contributed by atoms with Crippen molar-refractivity contribution in [1.82, 2.24) is 20.4 Å². The number of rotatable bonds is 12. The van der Waals surface area contributed by atoms with E-state index in [1.165, 1.54) is 12.8 Å². The first kappa shape index (κ1) is 26.7. The molecule has 4 rings (SSSR count). The van der Waals surface area contributed by atoms with E-state index in [1.54, 1.807) is 0 Å². The SMILES string of the molecule is CCCCCC(N1CCNCC1CC(=O)c1ccccc1)N1CCNCC1CC(=O)c1ccccc1. The number of Topliss-reactive ketones (excluding diaryl/α,β-unsaturated/α-hetero) is 2. The van der Waals surface area contributed by atoms with E-state index in [2.05, 4.69) is 27.4 Å². The van der Waals surface area contributed by atoms with Gasteiger partial charge in [0.25, 0.3) is 0 Å². The van der Waals surface area contributed by atoms with Crippen LogP contribution >= 0.6 is 0 Å². The molecule has 2 unspecified atom stereocenters. The average Bonchev–Trinajstić information content (AvgIpc) is 2.93. The summed E-state index contributed by atoms with van der Waals surface area (Å²) in [6, 6.07) is 19.6. The molecule has 2 atom stereocenters. The number of benzene rings is 2. The molecule has 0 radical (unpaired) electrons. The van der Waals surface area contributed by atoms with Gasteiger partial charge in [0.15, 0.2) is 11.6 Å². The zero-order valence-electron chi connectivity index (χ0n) is 21.7. The summed E-state index contributed by atoms with van der Waals surface area (Å²) in [4.78, 5) is 31.5. The first-order chi connectivity index (χ1) is 17.7. The van der Waals surface area contributed by atoms with E-state index < -0.39 is 0 Å². The van der Waals surface area contributed by atoms with Gasteiger partial charge in [0.2, 0.25) is 0 Å². The predicted molar refractivity (Wildman–Crippen MR) is 145 cm³/mol. The molecular weight excluding hydrogens is 448 g/mol. The van der Waals surface area contributed by atoms with Crippen LogP contribution in [-0.4, -0.2) is 78.9 Å². The molecule has 2 N–H and O–H groups in total. The molecular formula is C30H42N4O2. The fourth-order valence-electron chi connectivity index (χ4n) is 5.73. The summed E-state index contributed by atoms with van der Waals surface area (Å²) in [7, 11) is 0. The molecule has 0 aromatic heterocycles. The Labute approximate surface area is 216 Å². The lowest BCUT2D eigenvalue weighted by Crippen LogP contribution is -2.65. The number of carbonyl (C=O) groups is 2. The molecule has 2 saturated heterocycles. The Bertz CT molecular complexity index is 878. The van der Waals surface area contributed by atoms with Gasteiger partial charge >= 0.3 is 0 Å². The molecule has 2 aromatic rings. The predicted octanol–water partition coefficient (Wildman–Crippen LogP) is 3.99. The van der Waals surface area contributed by atoms with Gasteiger partial charge < -0.3 is 10.6 Å². The molecule has 0 saturated carbocycles. The largest absolute Gasteiger partial charge is 0.314 e. The molecule has 2 fully saturated rings. The lowest BCUT2D eigenvalue weighted by atomic mass is 9.97. The van der Waals surface area contributed by atoms with E-state index in [0.29, 0.717) is 12.8 Å². The van der Waals surface area contributed by atoms with Gasteiger partial charge in [-0.1, -0.05) is 86.8 Å². The molecule has 36 heavy (non-hydrogen) atoms. The minimum absolute atomic E-state index is 0.151. The number of piperazine rings is 2. The van der Waals surface area contributed by atoms with Crippen molar-refractivity contribution in [3.05, 3.63) is 71.8 Å². The van der Waals surface area contributed by atoms with Gasteiger partial charge in [0, 0.05) is 75.3 Å². The van der Waals surface area contributed by atoms with Crippen molar-refractivity contribution in [2.45, 2.75) is 63.7 Å². The Morgan fingerprint density at radius 2 is 1.25 bits per heavy atom. The number of ketones is 2. The Morgan fingerprint density at radius 3 is 1.69 bits per heavy atom. The van der Waals surface area contributed by atoms with Gasteiger partial charge in [0.05, 0.1) is 6.17 Å². The molecule has 0 bridgehead atoms. The third-order valence-electron chi connectivity index (χ3n) is 7.66. The second-order valence-corrected chi connectivity index (χ2v) is 10.2. The van der Waals surface area contributed by atoms with Crippen LogP contribution in [-0.2, 0) is 0 Å². The Kier molecular flexibility index (Phi) is 10.2. The van der Waals surface area contributed by atoms with E-state index in [1.807, 2.05) is 60.7 Å². The molecule has 0 spiro atoms. The minimum atomic E-state index is 0.151. The van der Waals surface area contributed by atoms with Crippen LogP contribution in [0.15, 0.2) is 60.7 Å². The highest BCUT2D eigenvalue weighted by Gasteiger charge is 2.37. The Morgan fingerprint density at radius 1 is 0.778 bits per heavy atom. The number of hydrogen-bond acceptors (Lipinski definition) is 6. The lowest BCUT2D eigenvalue weighted by molar-refractivity contribution is -0.0374. The maximum Gasteiger partial charge on any atom is 0.164 e. The highest BCUT2D eigenvalue weighted by atomic mass is 16.1. The number of hydrogen-bond donors (Lipinski definition) is 2. The number of carbonyl (C=O) groups excluding carboxylic acids is 2. The van der Waals surface area contributed by atoms with E-state index in [4.69, 9.17) is 0 Å². The van der Waals surface area contributed by atoms with E-state index in [-0.39, 0.29) is 29.8 Å². The summed E-state index contributed by atoms with van der Waals surface area (Å²) in [5.74, 6) is 0.412. The molecule has 0 amide bonds. The van der Waals surface area contributed by atoms with Crippen molar-refractivity contribution >= 4 is 11.6 Å². The highest BCUT2D eigenvalue weighted by molar-refractivity contribution is 5.97. The second kappa shape index (κ2) is 13.8. The van der Waals surface area contributed by atoms with E-state index >= 15 is 0 Å². The highest BCUT2D eigenvalue weighted by Crippen LogP contribution is 2.25. The Hall–Kier alpha value is -2.38. The van der Waals surface area contributed by atoms with Crippen LogP contribution in [0.4, 0.5) is 0 Å². The maximum atomic E-state index is 13.2. The first-order valence-corrected chi connectivity index (χ1v) is 13.8. The fourth-order valence-corrected chi connectivity index (χ4v) is 5.73. The third-order valence-corrected chi connectivity index (χ3v) is 7.66. The molecule has 2 aliphatic rings. The van der Waals surface area contributed by atoms with Crippen LogP contribution in [0, 0.1) is 0 Å². The summed E-state index contributed by atoms with van der Waals surface area (Å²) >= 11 is 0. The number of nitrogens with zero attached hydrogens (tertiary/aromatic N) is 2. The third kappa shape index (κ3) is 7.10. The Balaban J connectivity index is 1.53. The van der Waals surface area contributed by atoms with Crippen molar-refractivity contribution < 1.29 is 9.59 Å². The van der Waals surface area contributed by atoms with Gasteiger partial charge in [-0.2, -0.15) is 0 Å². The van der Waals surface area contributed by atoms with Gasteiger partial charge in [-0.25, -0.2) is 0 Å². The van der Waals surface area contributed by atoms with Crippen LogP contribution in [0.5, 0.6) is 0 Å². The van der Waals surface area contributed by atoms with Gasteiger partial charge in [-0.3, -0.25) is 19.4 Å². The molecule has 2 aromatic carbocycles. The minimum Gasteiger partial charge on any atom is -0.314 e. The van der Waals surface area contributed by atoms with Crippen LogP contribution in [0.25, 0.3) is 0 Å². The first-order valence-electron chi connectivity index (χ1n) is 13.8. The molecule has 2 heterocycles. The number of nitrogens with one attached hydrogen (secondary N) is 2. The zero-order valence-corrected chi connectivity index (χ0v) is 21.7. The quantitative estimate of drug-likeness (QED) is 0.347. The topological polar surface area (TPSA) is 64.7 Å². The van der Waals surface area contributed by atoms with Crippen molar-refractivity contribution in [3.63, 3.8) is 0 Å². The van der Waals surface area contributed by atoms with E-state index in [0.717, 1.165) is 63.2 Å². The van der Waals surface area contributed by atoms with Gasteiger partial charge in [0.1, 0.15) is 0 Å². The van der Waals surface area contributed by atoms with Crippen molar-refractivity contribution in [1.29, 1.82) is 0 Å². The second-order valence-electron chi connectivity index (χ2n) is 10.2. The molecule has 6 nitrogen and oxygen atoms in total. The molecule has 2 aliphatic heterocycles. The summed E-state index contributed by atoms with van der Waals surface area (Å²) < 4.78 is 0. The van der Waals surface area contributed by atoms with Gasteiger partial charge in [-0.15, -0.1) is 0 Å². The van der Waals surface area contributed by atoms with E-state index in [9.17, 15) is 9.59 Å². The van der Waals surface area contributed by atoms with Crippen molar-refractivity contribution in [2.75, 3.05) is 39.3 Å². The number of unbranched alkanes of at least 4 members (excludes halogenated alkanes) is 2. The molecule has 194 valence electrons.